The number of nitrogens with one attached hydrogen (secondary N) is 1. The Bertz CT molecular complexity index is 2810. The number of benzene rings is 4. The average molecular weight is 916 g/mol. The lowest BCUT2D eigenvalue weighted by Crippen LogP contribution is -2.22. The molecule has 0 radical (unpaired) electrons. The minimum atomic E-state index is -0.419. The van der Waals surface area contributed by atoms with Gasteiger partial charge in [-0.15, -0.1) is 0 Å². The van der Waals surface area contributed by atoms with Gasteiger partial charge in [0.2, 0.25) is 19.5 Å². The lowest BCUT2D eigenvalue weighted by molar-refractivity contribution is -0.121. The Kier molecular flexibility index (Phi) is 13.7. The van der Waals surface area contributed by atoms with Crippen molar-refractivity contribution < 1.29 is 43.8 Å². The molecule has 11 rings (SSSR count). The van der Waals surface area contributed by atoms with E-state index in [4.69, 9.17) is 25.1 Å². The van der Waals surface area contributed by atoms with Crippen LogP contribution in [0.4, 0.5) is 4.39 Å². The van der Waals surface area contributed by atoms with Gasteiger partial charge in [0.25, 0.3) is 0 Å². The molecule has 10 nitrogen and oxygen atoms in total. The molecule has 67 heavy (non-hydrogen) atoms. The van der Waals surface area contributed by atoms with Crippen molar-refractivity contribution in [3.63, 3.8) is 0 Å². The Morgan fingerprint density at radius 2 is 1.18 bits per heavy atom. The lowest BCUT2D eigenvalue weighted by atomic mass is 9.87. The molecule has 11 heteroatoms. The molecule has 1 atom stereocenters. The topological polar surface area (TPSA) is 118 Å². The van der Waals surface area contributed by atoms with E-state index in [1.54, 1.807) is 11.5 Å². The maximum absolute atomic E-state index is 13.3. The summed E-state index contributed by atoms with van der Waals surface area (Å²) in [5.74, 6) is 3.49. The molecule has 1 unspecified atom stereocenters. The molecule has 5 heterocycles. The summed E-state index contributed by atoms with van der Waals surface area (Å²) in [5.41, 5.74) is 7.48. The first kappa shape index (κ1) is 47.5. The van der Waals surface area contributed by atoms with Gasteiger partial charge in [-0.2, -0.15) is 0 Å². The van der Waals surface area contributed by atoms with Gasteiger partial charge in [-0.25, -0.2) is 0 Å². The number of carbonyl (C=O) groups is 3. The van der Waals surface area contributed by atoms with Crippen molar-refractivity contribution in [2.45, 2.75) is 129 Å². The number of carbonyl (C=O) groups excluding carboxylic acids is 3. The molecule has 4 aromatic carbocycles. The van der Waals surface area contributed by atoms with Crippen LogP contribution >= 0.6 is 0 Å². The number of aromatic nitrogens is 2. The van der Waals surface area contributed by atoms with Crippen molar-refractivity contribution in [3.8, 4) is 23.0 Å². The zero-order chi connectivity index (χ0) is 47.9. The number of fused-ring (bicyclic) bond motifs is 4. The summed E-state index contributed by atoms with van der Waals surface area (Å²) in [5, 5.41) is 2.17. The van der Waals surface area contributed by atoms with E-state index in [1.807, 2.05) is 48.5 Å². The van der Waals surface area contributed by atoms with E-state index >= 15 is 0 Å². The van der Waals surface area contributed by atoms with Gasteiger partial charge in [0.05, 0.1) is 24.9 Å². The van der Waals surface area contributed by atoms with Crippen molar-refractivity contribution in [1.82, 2.24) is 9.55 Å². The molecule has 1 saturated heterocycles. The number of halogens is 1. The van der Waals surface area contributed by atoms with Crippen LogP contribution in [0.15, 0.2) is 84.9 Å². The van der Waals surface area contributed by atoms with Crippen molar-refractivity contribution in [2.75, 3.05) is 34.0 Å². The second-order valence-electron chi connectivity index (χ2n) is 20.1. The highest BCUT2D eigenvalue weighted by Gasteiger charge is 2.52. The first-order chi connectivity index (χ1) is 31.9. The molecule has 3 aliphatic heterocycles. The normalized spacial score (nSPS) is 18.0. The Hall–Kier alpha value is -5.94. The van der Waals surface area contributed by atoms with Gasteiger partial charge >= 0.3 is 0 Å². The molecular weight excluding hydrogens is 848 g/mol. The van der Waals surface area contributed by atoms with Crippen LogP contribution in [0.25, 0.3) is 21.8 Å². The minimum Gasteiger partial charge on any atom is -0.454 e. The van der Waals surface area contributed by atoms with E-state index in [-0.39, 0.29) is 61.3 Å². The highest BCUT2D eigenvalue weighted by atomic mass is 19.1. The van der Waals surface area contributed by atoms with Gasteiger partial charge in [0, 0.05) is 66.1 Å². The molecule has 2 aromatic heterocycles. The van der Waals surface area contributed by atoms with Gasteiger partial charge in [-0.05, 0) is 127 Å². The second kappa shape index (κ2) is 19.3. The van der Waals surface area contributed by atoms with E-state index in [2.05, 4.69) is 82.9 Å². The average Bonchev–Trinajstić information content (AvgIpc) is 3.80. The summed E-state index contributed by atoms with van der Waals surface area (Å²) in [6, 6.07) is 28.4. The van der Waals surface area contributed by atoms with Crippen LogP contribution in [-0.4, -0.2) is 61.0 Å². The summed E-state index contributed by atoms with van der Waals surface area (Å²) in [4.78, 5) is 42.4. The van der Waals surface area contributed by atoms with Crippen LogP contribution in [0.2, 0.25) is 0 Å². The maximum atomic E-state index is 13.3. The standard InChI is InChI=1S/C26H27NO4.C24H25NO3.C4H8O.CH3F.CH4/c1-16(28)27-20-7-5-17(11-18(20)13-23(27)25(2,3)4)12-24(29)26(9-10-26)19-6-8-21-22(14-19)31-15-30-21;1-23(2,3)21-12-16-10-15(4-6-18(16)25-21)11-22(26)24(8-9-24)17-5-7-19-20(13-17)28-14-27-19;1-2-4-5-3-1;1-2;/h5-8,11,13-14H,9-10,12,15H2,1-4H3;4-7,10,12-13,25H,8-9,11,14H2,1-3H3;1-4H2;1H3;1H4/i;;3D;;. The zero-order valence-corrected chi connectivity index (χ0v) is 39.5. The number of Topliss-reactive ketones (excluding diaryl/α,β-unsaturated/α-hetero) is 2. The summed E-state index contributed by atoms with van der Waals surface area (Å²) < 4.78 is 44.8. The Balaban J connectivity index is 0.000000172. The van der Waals surface area contributed by atoms with Crippen LogP contribution in [0.5, 0.6) is 23.0 Å². The van der Waals surface area contributed by atoms with E-state index < -0.39 is 5.41 Å². The smallest absolute Gasteiger partial charge is 0.231 e. The lowest BCUT2D eigenvalue weighted by Gasteiger charge is -2.20. The van der Waals surface area contributed by atoms with Gasteiger partial charge in [-0.1, -0.05) is 73.2 Å². The fourth-order valence-corrected chi connectivity index (χ4v) is 9.18. The molecule has 356 valence electrons. The van der Waals surface area contributed by atoms with Crippen LogP contribution < -0.4 is 18.9 Å². The van der Waals surface area contributed by atoms with E-state index in [0.29, 0.717) is 20.0 Å². The SMILES string of the molecule is C.CC(=O)n1c(C(C)(C)C)cc2cc(CC(=O)C3(c4ccc5c(c4)OCO5)CC3)ccc21.CC(C)(C)c1cc2cc(CC(=O)C3(c4ccc5c(c4)OCO5)CC3)ccc2[nH]1.CF.[2H]C1CCCO1. The highest BCUT2D eigenvalue weighted by Crippen LogP contribution is 2.53. The van der Waals surface area contributed by atoms with Crippen LogP contribution in [0.1, 0.15) is 134 Å². The largest absolute Gasteiger partial charge is 0.454 e. The number of rotatable bonds is 8. The summed E-state index contributed by atoms with van der Waals surface area (Å²) >= 11 is 0. The highest BCUT2D eigenvalue weighted by molar-refractivity contribution is 5.97. The number of hydrogen-bond acceptors (Lipinski definition) is 8. The van der Waals surface area contributed by atoms with Crippen LogP contribution in [0, 0.1) is 0 Å². The van der Waals surface area contributed by atoms with Gasteiger partial charge < -0.3 is 28.7 Å². The number of ether oxygens (including phenoxy) is 5. The van der Waals surface area contributed by atoms with E-state index in [0.717, 1.165) is 112 Å². The number of aromatic amines is 1. The first-order valence-electron chi connectivity index (χ1n) is 23.6. The Labute approximate surface area is 395 Å². The molecule has 2 saturated carbocycles. The molecule has 1 N–H and O–H groups in total. The molecule has 2 aliphatic carbocycles. The Morgan fingerprint density at radius 1 is 0.657 bits per heavy atom. The number of alkyl halides is 1. The van der Waals surface area contributed by atoms with Crippen molar-refractivity contribution in [3.05, 3.63) is 119 Å². The molecule has 3 fully saturated rings. The molecule has 0 amide bonds. The van der Waals surface area contributed by atoms with Crippen LogP contribution in [-0.2, 0) is 48.8 Å². The predicted molar refractivity (Wildman–Crippen MR) is 262 cm³/mol. The van der Waals surface area contributed by atoms with Crippen molar-refractivity contribution in [2.24, 2.45) is 0 Å². The third-order valence-electron chi connectivity index (χ3n) is 13.3. The summed E-state index contributed by atoms with van der Waals surface area (Å²) in [6.07, 6.45) is 6.39. The quantitative estimate of drug-likeness (QED) is 0.160. The van der Waals surface area contributed by atoms with Crippen LogP contribution in [0.3, 0.4) is 0 Å². The number of H-pyrrole nitrogens is 1. The number of ketones is 2. The third kappa shape index (κ3) is 10.2. The number of nitrogens with zero attached hydrogens (tertiary/aromatic N) is 1. The van der Waals surface area contributed by atoms with E-state index in [1.165, 1.54) is 11.1 Å². The Morgan fingerprint density at radius 3 is 1.63 bits per heavy atom. The van der Waals surface area contributed by atoms with Gasteiger partial charge in [-0.3, -0.25) is 23.3 Å². The fraction of sp³-hybridized carbons (Fsp3) is 0.446. The molecule has 5 aliphatic rings. The maximum Gasteiger partial charge on any atom is 0.231 e. The molecule has 0 bridgehead atoms. The summed E-state index contributed by atoms with van der Waals surface area (Å²) in [6.45, 7) is 15.6. The second-order valence-corrected chi connectivity index (χ2v) is 20.1. The summed E-state index contributed by atoms with van der Waals surface area (Å²) in [7, 11) is 0.500. The fourth-order valence-electron chi connectivity index (χ4n) is 9.18. The monoisotopic (exact) mass is 915 g/mol. The van der Waals surface area contributed by atoms with Crippen molar-refractivity contribution >= 4 is 39.3 Å². The van der Waals surface area contributed by atoms with Crippen molar-refractivity contribution in [1.29, 1.82) is 0 Å². The van der Waals surface area contributed by atoms with Gasteiger partial charge in [0.15, 0.2) is 23.0 Å². The molecule has 6 aromatic rings. The van der Waals surface area contributed by atoms with Gasteiger partial charge in [0.1, 0.15) is 11.6 Å². The predicted octanol–water partition coefficient (Wildman–Crippen LogP) is 12.2. The molecular formula is C56H67FN2O8. The van der Waals surface area contributed by atoms with E-state index in [9.17, 15) is 18.8 Å². The minimum absolute atomic E-state index is 0. The first-order valence-corrected chi connectivity index (χ1v) is 23.0. The third-order valence-corrected chi connectivity index (χ3v) is 13.3. The number of hydrogen-bond donors (Lipinski definition) is 1. The molecule has 0 spiro atoms. The zero-order valence-electron chi connectivity index (χ0n) is 40.5.